The Kier molecular flexibility index (Phi) is 8.44. The molecule has 2 aromatic carbocycles. The molecular weight excluding hydrogens is 424 g/mol. The molecular formula is C26H35ClN2O3. The van der Waals surface area contributed by atoms with Gasteiger partial charge in [-0.2, -0.15) is 0 Å². The number of esters is 1. The van der Waals surface area contributed by atoms with Crippen molar-refractivity contribution in [1.82, 2.24) is 4.90 Å². The third-order valence-electron chi connectivity index (χ3n) is 6.72. The van der Waals surface area contributed by atoms with E-state index in [2.05, 4.69) is 35.9 Å². The minimum Gasteiger partial charge on any atom is -0.497 e. The van der Waals surface area contributed by atoms with E-state index in [1.54, 1.807) is 13.2 Å². The predicted molar refractivity (Wildman–Crippen MR) is 131 cm³/mol. The molecule has 0 N–H and O–H groups in total. The van der Waals surface area contributed by atoms with E-state index in [4.69, 9.17) is 21.1 Å². The van der Waals surface area contributed by atoms with Crippen LogP contribution >= 0.6 is 11.6 Å². The fourth-order valence-electron chi connectivity index (χ4n) is 4.87. The molecule has 1 aliphatic rings. The fourth-order valence-corrected chi connectivity index (χ4v) is 5.08. The topological polar surface area (TPSA) is 42.0 Å². The molecule has 0 unspecified atom stereocenters. The summed E-state index contributed by atoms with van der Waals surface area (Å²) in [5, 5.41) is 0.567. The maximum atomic E-state index is 12.2. The first kappa shape index (κ1) is 24.4. The number of nitrogens with zero attached hydrogens (tertiary/aromatic N) is 2. The van der Waals surface area contributed by atoms with Gasteiger partial charge in [0.1, 0.15) is 5.75 Å². The van der Waals surface area contributed by atoms with Gasteiger partial charge in [-0.05, 0) is 82.0 Å². The van der Waals surface area contributed by atoms with Crippen LogP contribution in [0.3, 0.4) is 0 Å². The minimum atomic E-state index is -0.342. The van der Waals surface area contributed by atoms with Gasteiger partial charge in [0.05, 0.1) is 19.8 Å². The van der Waals surface area contributed by atoms with E-state index in [9.17, 15) is 4.79 Å². The van der Waals surface area contributed by atoms with Crippen LogP contribution < -0.4 is 9.64 Å². The summed E-state index contributed by atoms with van der Waals surface area (Å²) in [4.78, 5) is 17.1. The van der Waals surface area contributed by atoms with Crippen molar-refractivity contribution in [3.8, 4) is 5.75 Å². The number of rotatable bonds is 8. The minimum absolute atomic E-state index is 0.342. The van der Waals surface area contributed by atoms with E-state index in [0.717, 1.165) is 55.8 Å². The molecule has 174 valence electrons. The largest absolute Gasteiger partial charge is 0.497 e. The highest BCUT2D eigenvalue weighted by molar-refractivity contribution is 6.31. The molecule has 0 spiro atoms. The van der Waals surface area contributed by atoms with Gasteiger partial charge in [0.25, 0.3) is 0 Å². The summed E-state index contributed by atoms with van der Waals surface area (Å²) in [6.07, 6.45) is 4.53. The summed E-state index contributed by atoms with van der Waals surface area (Å²) in [6, 6.07) is 13.0. The lowest BCUT2D eigenvalue weighted by molar-refractivity contribution is 0.0600. The van der Waals surface area contributed by atoms with E-state index in [0.29, 0.717) is 22.7 Å². The monoisotopic (exact) mass is 458 g/mol. The number of halogens is 1. The normalized spacial score (nSPS) is 18.5. The van der Waals surface area contributed by atoms with Crippen molar-refractivity contribution < 1.29 is 14.3 Å². The Labute approximate surface area is 197 Å². The zero-order chi connectivity index (χ0) is 23.3. The lowest BCUT2D eigenvalue weighted by Crippen LogP contribution is -2.43. The number of hydrogen-bond donors (Lipinski definition) is 0. The maximum Gasteiger partial charge on any atom is 0.338 e. The van der Waals surface area contributed by atoms with Crippen LogP contribution in [0, 0.1) is 6.92 Å². The molecule has 1 aliphatic carbocycles. The van der Waals surface area contributed by atoms with Gasteiger partial charge in [0.15, 0.2) is 0 Å². The van der Waals surface area contributed by atoms with Crippen LogP contribution in [0.4, 0.5) is 5.69 Å². The molecule has 0 aliphatic heterocycles. The number of ether oxygens (including phenoxy) is 2. The van der Waals surface area contributed by atoms with Crippen molar-refractivity contribution in [3.05, 3.63) is 58.1 Å². The first-order chi connectivity index (χ1) is 15.4. The number of methoxy groups -OCH3 is 2. The molecule has 1 saturated carbocycles. The lowest BCUT2D eigenvalue weighted by Gasteiger charge is -2.41. The standard InChI is InChI=1S/C26H35ClN2O3/c1-6-29(25-16-20(27)15-24(18(25)2)26(30)32-5)22-11-9-21(10-12-22)28(3)17-19-7-13-23(31-4)14-8-19/h7-8,13-16,21-22H,6,9-12,17H2,1-5H3. The molecule has 0 radical (unpaired) electrons. The molecule has 2 aromatic rings. The summed E-state index contributed by atoms with van der Waals surface area (Å²) >= 11 is 6.37. The lowest BCUT2D eigenvalue weighted by atomic mass is 9.88. The number of anilines is 1. The van der Waals surface area contributed by atoms with Gasteiger partial charge in [0, 0.05) is 35.9 Å². The summed E-state index contributed by atoms with van der Waals surface area (Å²) in [6.45, 7) is 5.96. The van der Waals surface area contributed by atoms with Crippen LogP contribution in [0.2, 0.25) is 5.02 Å². The first-order valence-corrected chi connectivity index (χ1v) is 11.7. The smallest absolute Gasteiger partial charge is 0.338 e. The number of carbonyl (C=O) groups excluding carboxylic acids is 1. The quantitative estimate of drug-likeness (QED) is 0.473. The second-order valence-corrected chi connectivity index (χ2v) is 9.04. The van der Waals surface area contributed by atoms with Gasteiger partial charge >= 0.3 is 5.97 Å². The van der Waals surface area contributed by atoms with E-state index >= 15 is 0 Å². The van der Waals surface area contributed by atoms with Crippen molar-refractivity contribution in [2.24, 2.45) is 0 Å². The SMILES string of the molecule is CCN(c1cc(Cl)cc(C(=O)OC)c1C)C1CCC(N(C)Cc2ccc(OC)cc2)CC1. The predicted octanol–water partition coefficient (Wildman–Crippen LogP) is 5.71. The molecule has 0 atom stereocenters. The van der Waals surface area contributed by atoms with Crippen LogP contribution in [-0.4, -0.2) is 50.8 Å². The molecule has 3 rings (SSSR count). The third kappa shape index (κ3) is 5.57. The third-order valence-corrected chi connectivity index (χ3v) is 6.94. The molecule has 0 amide bonds. The Hall–Kier alpha value is -2.24. The van der Waals surface area contributed by atoms with Crippen molar-refractivity contribution >= 4 is 23.3 Å². The van der Waals surface area contributed by atoms with Gasteiger partial charge in [-0.3, -0.25) is 4.90 Å². The highest BCUT2D eigenvalue weighted by Crippen LogP contribution is 2.34. The highest BCUT2D eigenvalue weighted by Gasteiger charge is 2.29. The summed E-state index contributed by atoms with van der Waals surface area (Å²) < 4.78 is 10.2. The molecule has 32 heavy (non-hydrogen) atoms. The number of hydrogen-bond acceptors (Lipinski definition) is 5. The Balaban J connectivity index is 1.66. The first-order valence-electron chi connectivity index (χ1n) is 11.4. The Morgan fingerprint density at radius 1 is 1.06 bits per heavy atom. The van der Waals surface area contributed by atoms with Crippen molar-refractivity contribution in [2.45, 2.75) is 58.2 Å². The molecule has 5 nitrogen and oxygen atoms in total. The molecule has 0 aromatic heterocycles. The van der Waals surface area contributed by atoms with Gasteiger partial charge in [-0.15, -0.1) is 0 Å². The van der Waals surface area contributed by atoms with Crippen LogP contribution in [0.15, 0.2) is 36.4 Å². The van der Waals surface area contributed by atoms with Gasteiger partial charge in [-0.1, -0.05) is 23.7 Å². The number of benzene rings is 2. The second-order valence-electron chi connectivity index (χ2n) is 8.60. The molecule has 0 saturated heterocycles. The number of carbonyl (C=O) groups is 1. The van der Waals surface area contributed by atoms with Crippen LogP contribution in [0.25, 0.3) is 0 Å². The summed E-state index contributed by atoms with van der Waals surface area (Å²) in [5.74, 6) is 0.550. The van der Waals surface area contributed by atoms with Crippen molar-refractivity contribution in [2.75, 3.05) is 32.7 Å². The van der Waals surface area contributed by atoms with Gasteiger partial charge < -0.3 is 14.4 Å². The molecule has 0 heterocycles. The van der Waals surface area contributed by atoms with E-state index in [1.807, 2.05) is 25.1 Å². The zero-order valence-corrected chi connectivity index (χ0v) is 20.6. The van der Waals surface area contributed by atoms with Gasteiger partial charge in [0.2, 0.25) is 0 Å². The zero-order valence-electron chi connectivity index (χ0n) is 19.9. The summed E-state index contributed by atoms with van der Waals surface area (Å²) in [5.41, 5.74) is 3.81. The Morgan fingerprint density at radius 2 is 1.69 bits per heavy atom. The van der Waals surface area contributed by atoms with Crippen LogP contribution in [0.5, 0.6) is 5.75 Å². The van der Waals surface area contributed by atoms with E-state index in [-0.39, 0.29) is 5.97 Å². The van der Waals surface area contributed by atoms with Gasteiger partial charge in [-0.25, -0.2) is 4.79 Å². The highest BCUT2D eigenvalue weighted by atomic mass is 35.5. The van der Waals surface area contributed by atoms with E-state index in [1.165, 1.54) is 12.7 Å². The summed E-state index contributed by atoms with van der Waals surface area (Å²) in [7, 11) is 5.32. The average Bonchev–Trinajstić information content (AvgIpc) is 2.81. The van der Waals surface area contributed by atoms with Crippen molar-refractivity contribution in [1.29, 1.82) is 0 Å². The maximum absolute atomic E-state index is 12.2. The van der Waals surface area contributed by atoms with Crippen LogP contribution in [-0.2, 0) is 11.3 Å². The average molecular weight is 459 g/mol. The molecule has 0 bridgehead atoms. The molecule has 6 heteroatoms. The van der Waals surface area contributed by atoms with Crippen molar-refractivity contribution in [3.63, 3.8) is 0 Å². The Morgan fingerprint density at radius 3 is 2.25 bits per heavy atom. The molecule has 1 fully saturated rings. The van der Waals surface area contributed by atoms with Crippen LogP contribution in [0.1, 0.15) is 54.1 Å². The Bertz CT molecular complexity index is 908. The van der Waals surface area contributed by atoms with E-state index < -0.39 is 0 Å². The second kappa shape index (κ2) is 11.1. The fraction of sp³-hybridized carbons (Fsp3) is 0.500.